The Kier molecular flexibility index (Phi) is 2.55. The van der Waals surface area contributed by atoms with Crippen molar-refractivity contribution in [2.75, 3.05) is 0 Å². The van der Waals surface area contributed by atoms with E-state index in [4.69, 9.17) is 0 Å². The first kappa shape index (κ1) is 9.01. The molecule has 1 rings (SSSR count). The second-order valence-electron chi connectivity index (χ2n) is 3.05. The zero-order valence-corrected chi connectivity index (χ0v) is 11.0. The van der Waals surface area contributed by atoms with E-state index in [1.54, 1.807) is 0 Å². The van der Waals surface area contributed by atoms with Crippen molar-refractivity contribution in [1.29, 1.82) is 0 Å². The van der Waals surface area contributed by atoms with Gasteiger partial charge in [-0.1, -0.05) is 21.1 Å². The summed E-state index contributed by atoms with van der Waals surface area (Å²) in [6.07, 6.45) is 0. The topological polar surface area (TPSA) is 0 Å². The molecule has 0 aliphatic rings. The highest BCUT2D eigenvalue weighted by atomic mass is 79.9. The quantitative estimate of drug-likeness (QED) is 0.589. The maximum absolute atomic E-state index is 3.55. The van der Waals surface area contributed by atoms with Crippen LogP contribution in [0.4, 0.5) is 0 Å². The average Bonchev–Trinajstić information content (AvgIpc) is 1.97. The van der Waals surface area contributed by atoms with E-state index in [-0.39, 0.29) is 0 Å². The van der Waals surface area contributed by atoms with Crippen LogP contribution in [0, 0.1) is 20.8 Å². The fraction of sp³-hybridized carbons (Fsp3) is 0.333. The Hall–Kier alpha value is -0.0831. The lowest BCUT2D eigenvalue weighted by Crippen LogP contribution is -2.13. The van der Waals surface area contributed by atoms with Gasteiger partial charge >= 0.3 is 0 Å². The summed E-state index contributed by atoms with van der Waals surface area (Å²) in [7, 11) is 1.15. The Balaban J connectivity index is 3.46. The molecule has 1 aromatic rings. The van der Waals surface area contributed by atoms with Gasteiger partial charge in [0, 0.05) is 14.7 Å². The molecule has 0 heterocycles. The van der Waals surface area contributed by atoms with Crippen molar-refractivity contribution in [1.82, 2.24) is 0 Å². The molecule has 60 valence electrons. The highest BCUT2D eigenvalue weighted by molar-refractivity contribution is 9.10. The van der Waals surface area contributed by atoms with E-state index in [1.165, 1.54) is 26.3 Å². The van der Waals surface area contributed by atoms with Crippen molar-refractivity contribution in [2.45, 2.75) is 20.8 Å². The van der Waals surface area contributed by atoms with Gasteiger partial charge in [-0.05, 0) is 43.5 Å². The van der Waals surface area contributed by atoms with Crippen molar-refractivity contribution in [3.05, 3.63) is 27.2 Å². The van der Waals surface area contributed by atoms with Gasteiger partial charge in [-0.2, -0.15) is 0 Å². The predicted octanol–water partition coefficient (Wildman–Crippen LogP) is 1.37. The van der Waals surface area contributed by atoms with E-state index in [2.05, 4.69) is 42.8 Å². The van der Waals surface area contributed by atoms with Gasteiger partial charge in [-0.3, -0.25) is 0 Å². The Morgan fingerprint density at radius 1 is 1.18 bits per heavy atom. The Labute approximate surface area is 79.6 Å². The van der Waals surface area contributed by atoms with Crippen LogP contribution in [0.15, 0.2) is 10.5 Å². The van der Waals surface area contributed by atoms with Gasteiger partial charge < -0.3 is 0 Å². The number of aryl methyl sites for hydroxylation is 1. The standard InChI is InChI=1S/C9H13BrSi/c1-5-4-8(10)7(3)9(11)6(5)2/h4H,1-3,11H3. The van der Waals surface area contributed by atoms with E-state index in [0.717, 1.165) is 10.2 Å². The molecule has 0 fully saturated rings. The van der Waals surface area contributed by atoms with Crippen LogP contribution in [0.25, 0.3) is 0 Å². The van der Waals surface area contributed by atoms with Crippen LogP contribution in [0.3, 0.4) is 0 Å². The molecular formula is C9H13BrSi. The first-order valence-corrected chi connectivity index (χ1v) is 5.56. The van der Waals surface area contributed by atoms with Crippen molar-refractivity contribution in [3.63, 3.8) is 0 Å². The van der Waals surface area contributed by atoms with Gasteiger partial charge in [0.2, 0.25) is 0 Å². The molecule has 0 radical (unpaired) electrons. The van der Waals surface area contributed by atoms with Gasteiger partial charge in [0.1, 0.15) is 0 Å². The van der Waals surface area contributed by atoms with E-state index in [0.29, 0.717) is 0 Å². The second kappa shape index (κ2) is 3.11. The number of rotatable bonds is 0. The van der Waals surface area contributed by atoms with Crippen LogP contribution < -0.4 is 5.19 Å². The van der Waals surface area contributed by atoms with E-state index < -0.39 is 0 Å². The van der Waals surface area contributed by atoms with Crippen molar-refractivity contribution in [3.8, 4) is 0 Å². The van der Waals surface area contributed by atoms with E-state index >= 15 is 0 Å². The number of halogens is 1. The van der Waals surface area contributed by atoms with Gasteiger partial charge in [0.05, 0.1) is 0 Å². The highest BCUT2D eigenvalue weighted by Gasteiger charge is 2.03. The molecule has 0 amide bonds. The monoisotopic (exact) mass is 228 g/mol. The van der Waals surface area contributed by atoms with Gasteiger partial charge in [0.25, 0.3) is 0 Å². The molecule has 0 saturated carbocycles. The molecule has 0 unspecified atom stereocenters. The van der Waals surface area contributed by atoms with E-state index in [1.807, 2.05) is 0 Å². The zero-order valence-electron chi connectivity index (χ0n) is 7.46. The lowest BCUT2D eigenvalue weighted by Gasteiger charge is -2.09. The van der Waals surface area contributed by atoms with Crippen molar-refractivity contribution < 1.29 is 0 Å². The Morgan fingerprint density at radius 2 is 1.73 bits per heavy atom. The summed E-state index contributed by atoms with van der Waals surface area (Å²) in [5.74, 6) is 0. The molecule has 0 N–H and O–H groups in total. The summed E-state index contributed by atoms with van der Waals surface area (Å²) in [6.45, 7) is 6.55. The summed E-state index contributed by atoms with van der Waals surface area (Å²) < 4.78 is 1.26. The minimum absolute atomic E-state index is 1.15. The summed E-state index contributed by atoms with van der Waals surface area (Å²) in [5, 5.41) is 1.54. The molecule has 0 spiro atoms. The molecule has 0 saturated heterocycles. The molecule has 0 bridgehead atoms. The van der Waals surface area contributed by atoms with Crippen LogP contribution in [-0.4, -0.2) is 10.2 Å². The smallest absolute Gasteiger partial charge is 0.0392 e. The average molecular weight is 229 g/mol. The lowest BCUT2D eigenvalue weighted by atomic mass is 10.1. The largest absolute Gasteiger partial charge is 0.0637 e. The molecule has 0 aromatic heterocycles. The molecular weight excluding hydrogens is 216 g/mol. The van der Waals surface area contributed by atoms with Crippen LogP contribution in [0.1, 0.15) is 16.7 Å². The molecule has 0 nitrogen and oxygen atoms in total. The summed E-state index contributed by atoms with van der Waals surface area (Å²) in [4.78, 5) is 0. The summed E-state index contributed by atoms with van der Waals surface area (Å²) in [6, 6.07) is 2.20. The fourth-order valence-corrected chi connectivity index (χ4v) is 2.83. The minimum atomic E-state index is 1.15. The normalized spacial score (nSPS) is 10.5. The van der Waals surface area contributed by atoms with Crippen LogP contribution >= 0.6 is 15.9 Å². The molecule has 0 aliphatic carbocycles. The first-order valence-electron chi connectivity index (χ1n) is 3.77. The third kappa shape index (κ3) is 1.57. The number of hydrogen-bond donors (Lipinski definition) is 0. The maximum atomic E-state index is 3.55. The summed E-state index contributed by atoms with van der Waals surface area (Å²) >= 11 is 3.55. The molecule has 0 aliphatic heterocycles. The van der Waals surface area contributed by atoms with Gasteiger partial charge in [-0.25, -0.2) is 0 Å². The maximum Gasteiger partial charge on any atom is 0.0392 e. The van der Waals surface area contributed by atoms with E-state index in [9.17, 15) is 0 Å². The Bertz CT molecular complexity index is 266. The van der Waals surface area contributed by atoms with Crippen LogP contribution in [0.5, 0.6) is 0 Å². The lowest BCUT2D eigenvalue weighted by molar-refractivity contribution is 1.31. The fourth-order valence-electron chi connectivity index (χ4n) is 1.16. The van der Waals surface area contributed by atoms with Crippen LogP contribution in [-0.2, 0) is 0 Å². The molecule has 2 heteroatoms. The van der Waals surface area contributed by atoms with Crippen molar-refractivity contribution >= 4 is 31.4 Å². The highest BCUT2D eigenvalue weighted by Crippen LogP contribution is 2.17. The van der Waals surface area contributed by atoms with Crippen molar-refractivity contribution in [2.24, 2.45) is 0 Å². The molecule has 11 heavy (non-hydrogen) atoms. The third-order valence-electron chi connectivity index (χ3n) is 2.42. The van der Waals surface area contributed by atoms with Crippen LogP contribution in [0.2, 0.25) is 0 Å². The minimum Gasteiger partial charge on any atom is -0.0637 e. The molecule has 1 aromatic carbocycles. The zero-order chi connectivity index (χ0) is 8.59. The number of benzene rings is 1. The second-order valence-corrected chi connectivity index (χ2v) is 4.90. The molecule has 0 atom stereocenters. The summed E-state index contributed by atoms with van der Waals surface area (Å²) in [5.41, 5.74) is 4.28. The van der Waals surface area contributed by atoms with Gasteiger partial charge in [0.15, 0.2) is 0 Å². The first-order chi connectivity index (χ1) is 5.04. The third-order valence-corrected chi connectivity index (χ3v) is 4.74. The SMILES string of the molecule is Cc1cc(Br)c(C)c([SiH3])c1C. The predicted molar refractivity (Wildman–Crippen MR) is 57.9 cm³/mol. The Morgan fingerprint density at radius 3 is 2.27 bits per heavy atom. The number of hydrogen-bond acceptors (Lipinski definition) is 0. The van der Waals surface area contributed by atoms with Gasteiger partial charge in [-0.15, -0.1) is 0 Å².